The van der Waals surface area contributed by atoms with E-state index >= 15 is 0 Å². The minimum Gasteiger partial charge on any atom is -0.454 e. The van der Waals surface area contributed by atoms with Gasteiger partial charge < -0.3 is 14.4 Å². The molecule has 0 unspecified atom stereocenters. The van der Waals surface area contributed by atoms with Crippen LogP contribution in [0.25, 0.3) is 0 Å². The molecule has 0 saturated heterocycles. The first kappa shape index (κ1) is 16.2. The number of hydrogen-bond acceptors (Lipinski definition) is 3. The number of nitrogens with zero attached hydrogens (tertiary/aromatic N) is 1. The van der Waals surface area contributed by atoms with E-state index in [2.05, 4.69) is 0 Å². The fraction of sp³-hybridized carbons (Fsp3) is 0.235. The van der Waals surface area contributed by atoms with Crippen LogP contribution in [0, 0.1) is 0 Å². The first-order chi connectivity index (χ1) is 11.3. The number of carbonyl (C=O) groups is 1. The number of rotatable bonds is 3. The van der Waals surface area contributed by atoms with Crippen LogP contribution in [-0.4, -0.2) is 24.6 Å². The summed E-state index contributed by atoms with van der Waals surface area (Å²) in [5, 5.41) is 0. The number of fused-ring (bicyclic) bond motifs is 1. The summed E-state index contributed by atoms with van der Waals surface area (Å²) < 4.78 is 48.1. The Kier molecular flexibility index (Phi) is 4.09. The Morgan fingerprint density at radius 3 is 2.42 bits per heavy atom. The standard InChI is InChI=1S/C17H14F3NO3/c1-21(9-11-2-5-13(6-3-11)17(18,19)20)16(22)12-4-7-14-15(8-12)24-10-23-14/h2-8H,9-10H2,1H3. The van der Waals surface area contributed by atoms with Crippen LogP contribution in [0.1, 0.15) is 21.5 Å². The summed E-state index contributed by atoms with van der Waals surface area (Å²) in [5.41, 5.74) is 0.323. The second kappa shape index (κ2) is 6.07. The lowest BCUT2D eigenvalue weighted by Gasteiger charge is -2.18. The molecule has 0 spiro atoms. The summed E-state index contributed by atoms with van der Waals surface area (Å²) >= 11 is 0. The highest BCUT2D eigenvalue weighted by molar-refractivity contribution is 5.94. The van der Waals surface area contributed by atoms with Crippen LogP contribution in [0.4, 0.5) is 13.2 Å². The molecule has 0 atom stereocenters. The zero-order valence-electron chi connectivity index (χ0n) is 12.8. The van der Waals surface area contributed by atoms with Crippen LogP contribution in [0.3, 0.4) is 0 Å². The third-order valence-electron chi connectivity index (χ3n) is 3.67. The van der Waals surface area contributed by atoms with Crippen molar-refractivity contribution >= 4 is 5.91 Å². The van der Waals surface area contributed by atoms with Gasteiger partial charge >= 0.3 is 6.18 Å². The number of carbonyl (C=O) groups excluding carboxylic acids is 1. The Morgan fingerprint density at radius 2 is 1.75 bits per heavy atom. The number of alkyl halides is 3. The second-order valence-corrected chi connectivity index (χ2v) is 5.42. The van der Waals surface area contributed by atoms with Crippen LogP contribution in [0.15, 0.2) is 42.5 Å². The smallest absolute Gasteiger partial charge is 0.416 e. The molecule has 1 amide bonds. The van der Waals surface area contributed by atoms with E-state index in [1.165, 1.54) is 17.0 Å². The van der Waals surface area contributed by atoms with Gasteiger partial charge in [-0.1, -0.05) is 12.1 Å². The van der Waals surface area contributed by atoms with E-state index < -0.39 is 11.7 Å². The normalized spacial score (nSPS) is 13.0. The maximum Gasteiger partial charge on any atom is 0.416 e. The minimum atomic E-state index is -4.37. The molecule has 1 aliphatic rings. The number of amides is 1. The third-order valence-corrected chi connectivity index (χ3v) is 3.67. The van der Waals surface area contributed by atoms with Crippen molar-refractivity contribution in [2.45, 2.75) is 12.7 Å². The van der Waals surface area contributed by atoms with Gasteiger partial charge in [0.1, 0.15) is 0 Å². The summed E-state index contributed by atoms with van der Waals surface area (Å²) in [6, 6.07) is 9.62. The van der Waals surface area contributed by atoms with E-state index in [1.807, 2.05) is 0 Å². The van der Waals surface area contributed by atoms with E-state index in [4.69, 9.17) is 9.47 Å². The first-order valence-electron chi connectivity index (χ1n) is 7.16. The van der Waals surface area contributed by atoms with Crippen LogP contribution in [-0.2, 0) is 12.7 Å². The monoisotopic (exact) mass is 337 g/mol. The number of benzene rings is 2. The van der Waals surface area contributed by atoms with Crippen molar-refractivity contribution in [1.29, 1.82) is 0 Å². The van der Waals surface area contributed by atoms with Crippen molar-refractivity contribution in [2.24, 2.45) is 0 Å². The molecule has 4 nitrogen and oxygen atoms in total. The summed E-state index contributed by atoms with van der Waals surface area (Å²) in [7, 11) is 1.59. The van der Waals surface area contributed by atoms with Crippen LogP contribution >= 0.6 is 0 Å². The Morgan fingerprint density at radius 1 is 1.08 bits per heavy atom. The molecule has 0 aromatic heterocycles. The van der Waals surface area contributed by atoms with Gasteiger partial charge in [-0.25, -0.2) is 0 Å². The quantitative estimate of drug-likeness (QED) is 0.857. The highest BCUT2D eigenvalue weighted by atomic mass is 19.4. The lowest BCUT2D eigenvalue weighted by atomic mass is 10.1. The highest BCUT2D eigenvalue weighted by Gasteiger charge is 2.30. The van der Waals surface area contributed by atoms with Crippen molar-refractivity contribution in [2.75, 3.05) is 13.8 Å². The maximum absolute atomic E-state index is 12.6. The van der Waals surface area contributed by atoms with Crippen LogP contribution in [0.2, 0.25) is 0 Å². The van der Waals surface area contributed by atoms with Crippen molar-refractivity contribution in [3.05, 3.63) is 59.2 Å². The summed E-state index contributed by atoms with van der Waals surface area (Å²) in [4.78, 5) is 13.9. The molecule has 0 radical (unpaired) electrons. The van der Waals surface area contributed by atoms with E-state index in [0.717, 1.165) is 12.1 Å². The molecule has 24 heavy (non-hydrogen) atoms. The van der Waals surface area contributed by atoms with Gasteiger partial charge in [0.2, 0.25) is 6.79 Å². The SMILES string of the molecule is CN(Cc1ccc(C(F)(F)F)cc1)C(=O)c1ccc2c(c1)OCO2. The van der Waals surface area contributed by atoms with Gasteiger partial charge in [0.15, 0.2) is 11.5 Å². The highest BCUT2D eigenvalue weighted by Crippen LogP contribution is 2.33. The minimum absolute atomic E-state index is 0.119. The molecule has 2 aromatic rings. The summed E-state index contributed by atoms with van der Waals surface area (Å²) in [5.74, 6) is 0.828. The topological polar surface area (TPSA) is 38.8 Å². The van der Waals surface area contributed by atoms with E-state index in [0.29, 0.717) is 22.6 Å². The zero-order valence-corrected chi connectivity index (χ0v) is 12.8. The Balaban J connectivity index is 1.70. The molecule has 0 fully saturated rings. The molecule has 3 rings (SSSR count). The van der Waals surface area contributed by atoms with E-state index in [9.17, 15) is 18.0 Å². The largest absolute Gasteiger partial charge is 0.454 e. The van der Waals surface area contributed by atoms with E-state index in [1.54, 1.807) is 25.2 Å². The average Bonchev–Trinajstić information content (AvgIpc) is 3.01. The van der Waals surface area contributed by atoms with Gasteiger partial charge in [-0.05, 0) is 35.9 Å². The molecule has 1 aliphatic heterocycles. The fourth-order valence-electron chi connectivity index (χ4n) is 2.39. The molecule has 0 saturated carbocycles. The van der Waals surface area contributed by atoms with Gasteiger partial charge in [-0.2, -0.15) is 13.2 Å². The van der Waals surface area contributed by atoms with Crippen molar-refractivity contribution in [3.63, 3.8) is 0 Å². The molecule has 1 heterocycles. The number of ether oxygens (including phenoxy) is 2. The molecule has 0 N–H and O–H groups in total. The lowest BCUT2D eigenvalue weighted by molar-refractivity contribution is -0.137. The van der Waals surface area contributed by atoms with Gasteiger partial charge in [0, 0.05) is 19.2 Å². The predicted molar refractivity (Wildman–Crippen MR) is 79.8 cm³/mol. The molecular weight excluding hydrogens is 323 g/mol. The molecule has 0 bridgehead atoms. The summed E-state index contributed by atoms with van der Waals surface area (Å²) in [6.45, 7) is 0.319. The maximum atomic E-state index is 12.6. The van der Waals surface area contributed by atoms with Gasteiger partial charge in [0.25, 0.3) is 5.91 Å². The molecule has 7 heteroatoms. The number of halogens is 3. The molecule has 2 aromatic carbocycles. The first-order valence-corrected chi connectivity index (χ1v) is 7.16. The third kappa shape index (κ3) is 3.29. The van der Waals surface area contributed by atoms with E-state index in [-0.39, 0.29) is 19.2 Å². The zero-order chi connectivity index (χ0) is 17.3. The molecular formula is C17H14F3NO3. The molecule has 0 aliphatic carbocycles. The average molecular weight is 337 g/mol. The Labute approximate surface area is 136 Å². The Hall–Kier alpha value is -2.70. The van der Waals surface area contributed by atoms with Crippen molar-refractivity contribution < 1.29 is 27.4 Å². The van der Waals surface area contributed by atoms with Crippen molar-refractivity contribution in [3.8, 4) is 11.5 Å². The van der Waals surface area contributed by atoms with Crippen molar-refractivity contribution in [1.82, 2.24) is 4.90 Å². The lowest BCUT2D eigenvalue weighted by Crippen LogP contribution is -2.26. The second-order valence-electron chi connectivity index (χ2n) is 5.42. The van der Waals surface area contributed by atoms with Gasteiger partial charge in [0.05, 0.1) is 5.56 Å². The van der Waals surface area contributed by atoms with Gasteiger partial charge in [-0.15, -0.1) is 0 Å². The van der Waals surface area contributed by atoms with Crippen LogP contribution < -0.4 is 9.47 Å². The van der Waals surface area contributed by atoms with Gasteiger partial charge in [-0.3, -0.25) is 4.79 Å². The fourth-order valence-corrected chi connectivity index (χ4v) is 2.39. The summed E-state index contributed by atoms with van der Waals surface area (Å²) in [6.07, 6.45) is -4.37. The van der Waals surface area contributed by atoms with Crippen LogP contribution in [0.5, 0.6) is 11.5 Å². The Bertz CT molecular complexity index is 757. The number of hydrogen-bond donors (Lipinski definition) is 0. The molecule has 126 valence electrons. The predicted octanol–water partition coefficient (Wildman–Crippen LogP) is 3.71.